The summed E-state index contributed by atoms with van der Waals surface area (Å²) in [7, 11) is 4.50. The quantitative estimate of drug-likeness (QED) is 0.422. The van der Waals surface area contributed by atoms with Crippen LogP contribution in [0.3, 0.4) is 0 Å². The Hall–Kier alpha value is -3.57. The van der Waals surface area contributed by atoms with Crippen LogP contribution in [0.5, 0.6) is 23.0 Å². The number of ether oxygens (including phenoxy) is 4. The normalized spacial score (nSPS) is 15.2. The first kappa shape index (κ1) is 26.5. The van der Waals surface area contributed by atoms with E-state index < -0.39 is 12.0 Å². The fourth-order valence-corrected chi connectivity index (χ4v) is 5.63. The fourth-order valence-electron chi connectivity index (χ4n) is 4.12. The van der Waals surface area contributed by atoms with Crippen molar-refractivity contribution >= 4 is 39.3 Å². The minimum Gasteiger partial charge on any atom is -0.503 e. The SMILES string of the molecule is CCOC(=O)C1=C(C)N=c2s/c(=C\c3cc(Br)c(O)c(OC)c3)c(=O)n2[C@H]1c1cc(OC)ccc1OC. The number of carbonyl (C=O) groups is 1. The molecule has 1 aliphatic heterocycles. The number of phenols is 1. The second kappa shape index (κ2) is 10.8. The average Bonchev–Trinajstić information content (AvgIpc) is 3.18. The van der Waals surface area contributed by atoms with Crippen LogP contribution < -0.4 is 29.1 Å². The first-order valence-corrected chi connectivity index (χ1v) is 12.8. The minimum atomic E-state index is -0.858. The number of halogens is 1. The Balaban J connectivity index is 2.01. The molecule has 1 atom stereocenters. The van der Waals surface area contributed by atoms with Gasteiger partial charge in [0.2, 0.25) is 0 Å². The third-order valence-electron chi connectivity index (χ3n) is 5.82. The summed E-state index contributed by atoms with van der Waals surface area (Å²) in [5.41, 5.74) is 1.51. The van der Waals surface area contributed by atoms with E-state index in [1.54, 1.807) is 50.3 Å². The van der Waals surface area contributed by atoms with E-state index in [1.807, 2.05) is 0 Å². The van der Waals surface area contributed by atoms with E-state index in [2.05, 4.69) is 20.9 Å². The van der Waals surface area contributed by atoms with Crippen LogP contribution in [0.1, 0.15) is 31.0 Å². The fraction of sp³-hybridized carbons (Fsp3) is 0.269. The van der Waals surface area contributed by atoms with Gasteiger partial charge in [-0.25, -0.2) is 9.79 Å². The molecule has 0 bridgehead atoms. The van der Waals surface area contributed by atoms with E-state index in [0.29, 0.717) is 42.1 Å². The van der Waals surface area contributed by atoms with E-state index in [-0.39, 0.29) is 29.2 Å². The number of phenolic OH excluding ortho intramolecular Hbond substituents is 1. The first-order chi connectivity index (χ1) is 17.7. The van der Waals surface area contributed by atoms with Gasteiger partial charge in [-0.1, -0.05) is 11.3 Å². The third kappa shape index (κ3) is 4.88. The van der Waals surface area contributed by atoms with Crippen molar-refractivity contribution in [2.45, 2.75) is 19.9 Å². The third-order valence-corrected chi connectivity index (χ3v) is 7.40. The zero-order chi connectivity index (χ0) is 26.9. The molecule has 4 rings (SSSR count). The number of methoxy groups -OCH3 is 3. The van der Waals surface area contributed by atoms with Gasteiger partial charge in [0, 0.05) is 5.56 Å². The van der Waals surface area contributed by atoms with Crippen LogP contribution >= 0.6 is 27.3 Å². The van der Waals surface area contributed by atoms with Crippen molar-refractivity contribution in [1.82, 2.24) is 4.57 Å². The van der Waals surface area contributed by atoms with Crippen molar-refractivity contribution < 1.29 is 28.8 Å². The zero-order valence-corrected chi connectivity index (χ0v) is 23.2. The monoisotopic (exact) mass is 588 g/mol. The van der Waals surface area contributed by atoms with Crippen molar-refractivity contribution in [1.29, 1.82) is 0 Å². The summed E-state index contributed by atoms with van der Waals surface area (Å²) < 4.78 is 23.9. The highest BCUT2D eigenvalue weighted by Crippen LogP contribution is 2.38. The molecule has 0 fully saturated rings. The van der Waals surface area contributed by atoms with Crippen molar-refractivity contribution in [2.24, 2.45) is 4.99 Å². The Morgan fingerprint density at radius 2 is 1.89 bits per heavy atom. The topological polar surface area (TPSA) is 109 Å². The Bertz CT molecular complexity index is 1590. The van der Waals surface area contributed by atoms with E-state index in [4.69, 9.17) is 18.9 Å². The number of rotatable bonds is 7. The molecule has 0 unspecified atom stereocenters. The van der Waals surface area contributed by atoms with Gasteiger partial charge < -0.3 is 24.1 Å². The molecule has 2 heterocycles. The molecule has 0 radical (unpaired) electrons. The van der Waals surface area contributed by atoms with Crippen LogP contribution in [-0.4, -0.2) is 43.6 Å². The van der Waals surface area contributed by atoms with E-state index in [9.17, 15) is 14.7 Å². The summed E-state index contributed by atoms with van der Waals surface area (Å²) in [6.07, 6.45) is 1.68. The standard InChI is InChI=1S/C26H25BrN2O7S/c1-6-36-25(32)21-13(2)28-26-29(22(21)16-12-15(33-3)7-8-18(16)34-4)24(31)20(37-26)11-14-9-17(27)23(30)19(10-14)35-5/h7-12,22,30H,6H2,1-5H3/b20-11-/t22-/m0/s1. The number of esters is 1. The highest BCUT2D eigenvalue weighted by Gasteiger charge is 2.35. The first-order valence-electron chi connectivity index (χ1n) is 11.2. The molecule has 1 aromatic heterocycles. The highest BCUT2D eigenvalue weighted by molar-refractivity contribution is 9.10. The molecular formula is C26H25BrN2O7S. The van der Waals surface area contributed by atoms with Crippen molar-refractivity contribution in [3.8, 4) is 23.0 Å². The number of hydrogen-bond acceptors (Lipinski definition) is 9. The van der Waals surface area contributed by atoms with Gasteiger partial charge in [0.1, 0.15) is 17.5 Å². The Morgan fingerprint density at radius 3 is 2.54 bits per heavy atom. The molecule has 2 aromatic carbocycles. The minimum absolute atomic E-state index is 0.0408. The summed E-state index contributed by atoms with van der Waals surface area (Å²) in [5, 5.41) is 10.1. The number of carbonyl (C=O) groups excluding carboxylic acids is 1. The van der Waals surface area contributed by atoms with Crippen molar-refractivity contribution in [2.75, 3.05) is 27.9 Å². The second-order valence-electron chi connectivity index (χ2n) is 7.96. The average molecular weight is 589 g/mol. The maximum atomic E-state index is 13.8. The predicted octanol–water partition coefficient (Wildman–Crippen LogP) is 3.29. The van der Waals surface area contributed by atoms with E-state index in [0.717, 1.165) is 0 Å². The van der Waals surface area contributed by atoms with Crippen LogP contribution in [0.15, 0.2) is 55.9 Å². The van der Waals surface area contributed by atoms with Gasteiger partial charge in [-0.3, -0.25) is 9.36 Å². The second-order valence-corrected chi connectivity index (χ2v) is 9.83. The Morgan fingerprint density at radius 1 is 1.16 bits per heavy atom. The number of hydrogen-bond donors (Lipinski definition) is 1. The van der Waals surface area contributed by atoms with Gasteiger partial charge in [0.15, 0.2) is 16.3 Å². The molecule has 1 aliphatic rings. The van der Waals surface area contributed by atoms with Crippen molar-refractivity contribution in [3.63, 3.8) is 0 Å². The number of fused-ring (bicyclic) bond motifs is 1. The number of allylic oxidation sites excluding steroid dienone is 1. The molecule has 37 heavy (non-hydrogen) atoms. The molecule has 11 heteroatoms. The molecule has 194 valence electrons. The van der Waals surface area contributed by atoms with Crippen LogP contribution in [0.2, 0.25) is 0 Å². The number of nitrogens with zero attached hydrogens (tertiary/aromatic N) is 2. The number of aromatic hydroxyl groups is 1. The largest absolute Gasteiger partial charge is 0.503 e. The van der Waals surface area contributed by atoms with Gasteiger partial charge in [0.05, 0.1) is 48.2 Å². The lowest BCUT2D eigenvalue weighted by Gasteiger charge is -2.26. The highest BCUT2D eigenvalue weighted by atomic mass is 79.9. The van der Waals surface area contributed by atoms with Gasteiger partial charge >= 0.3 is 5.97 Å². The molecule has 0 saturated carbocycles. The lowest BCUT2D eigenvalue weighted by atomic mass is 9.94. The van der Waals surface area contributed by atoms with Crippen LogP contribution in [-0.2, 0) is 9.53 Å². The summed E-state index contributed by atoms with van der Waals surface area (Å²) in [6, 6.07) is 7.64. The predicted molar refractivity (Wildman–Crippen MR) is 142 cm³/mol. The number of aromatic nitrogens is 1. The Labute approximate surface area is 225 Å². The van der Waals surface area contributed by atoms with Crippen LogP contribution in [0.4, 0.5) is 0 Å². The summed E-state index contributed by atoms with van der Waals surface area (Å²) in [4.78, 5) is 32.0. The maximum absolute atomic E-state index is 13.8. The lowest BCUT2D eigenvalue weighted by molar-refractivity contribution is -0.139. The van der Waals surface area contributed by atoms with Gasteiger partial charge in [-0.2, -0.15) is 0 Å². The molecule has 0 amide bonds. The lowest BCUT2D eigenvalue weighted by Crippen LogP contribution is -2.40. The van der Waals surface area contributed by atoms with Crippen molar-refractivity contribution in [3.05, 3.63) is 76.9 Å². The molecule has 1 N–H and O–H groups in total. The summed E-state index contributed by atoms with van der Waals surface area (Å²) >= 11 is 4.49. The van der Waals surface area contributed by atoms with Crippen LogP contribution in [0, 0.1) is 0 Å². The van der Waals surface area contributed by atoms with Gasteiger partial charge in [0.25, 0.3) is 5.56 Å². The van der Waals surface area contributed by atoms with Gasteiger partial charge in [-0.15, -0.1) is 0 Å². The molecule has 0 saturated heterocycles. The molecular weight excluding hydrogens is 564 g/mol. The summed E-state index contributed by atoms with van der Waals surface area (Å²) in [6.45, 7) is 3.60. The number of benzene rings is 2. The molecule has 0 spiro atoms. The maximum Gasteiger partial charge on any atom is 0.338 e. The summed E-state index contributed by atoms with van der Waals surface area (Å²) in [5.74, 6) is 0.662. The van der Waals surface area contributed by atoms with E-state index >= 15 is 0 Å². The van der Waals surface area contributed by atoms with Crippen LogP contribution in [0.25, 0.3) is 6.08 Å². The van der Waals surface area contributed by atoms with Gasteiger partial charge in [-0.05, 0) is 71.7 Å². The molecule has 3 aromatic rings. The smallest absolute Gasteiger partial charge is 0.338 e. The number of thiazole rings is 1. The molecule has 9 nitrogen and oxygen atoms in total. The zero-order valence-electron chi connectivity index (χ0n) is 20.8. The van der Waals surface area contributed by atoms with E-state index in [1.165, 1.54) is 37.2 Å². The molecule has 0 aliphatic carbocycles. The Kier molecular flexibility index (Phi) is 7.74.